The number of rotatable bonds is 7. The Morgan fingerprint density at radius 2 is 1.94 bits per heavy atom. The molecule has 1 unspecified atom stereocenters. The van der Waals surface area contributed by atoms with Crippen LogP contribution in [0.25, 0.3) is 11.3 Å². The van der Waals surface area contributed by atoms with E-state index in [1.165, 1.54) is 4.90 Å². The maximum Gasteiger partial charge on any atom is 0.338 e. The first-order valence-electron chi connectivity index (χ1n) is 11.4. The van der Waals surface area contributed by atoms with Crippen LogP contribution < -0.4 is 15.0 Å². The molecular formula is C26H27N3O5S. The molecule has 1 N–H and O–H groups in total. The van der Waals surface area contributed by atoms with Gasteiger partial charge in [-0.3, -0.25) is 14.5 Å². The minimum absolute atomic E-state index is 0.178. The second-order valence-corrected chi connectivity index (χ2v) is 9.52. The van der Waals surface area contributed by atoms with Gasteiger partial charge in [-0.2, -0.15) is 0 Å². The third kappa shape index (κ3) is 5.51. The summed E-state index contributed by atoms with van der Waals surface area (Å²) in [4.78, 5) is 44.0. The van der Waals surface area contributed by atoms with Crippen molar-refractivity contribution in [3.8, 4) is 17.0 Å². The molecule has 0 radical (unpaired) electrons. The van der Waals surface area contributed by atoms with Crippen molar-refractivity contribution in [1.82, 2.24) is 4.98 Å². The van der Waals surface area contributed by atoms with Crippen molar-refractivity contribution in [3.05, 3.63) is 58.4 Å². The monoisotopic (exact) mass is 493 g/mol. The Bertz CT molecular complexity index is 1250. The summed E-state index contributed by atoms with van der Waals surface area (Å²) in [6, 6.07) is 12.0. The molecule has 1 aromatic heterocycles. The van der Waals surface area contributed by atoms with Crippen molar-refractivity contribution in [2.75, 3.05) is 16.8 Å². The molecule has 0 saturated carbocycles. The molecule has 0 aliphatic carbocycles. The van der Waals surface area contributed by atoms with Crippen LogP contribution in [0, 0.1) is 6.92 Å². The van der Waals surface area contributed by atoms with Gasteiger partial charge in [0, 0.05) is 16.6 Å². The fourth-order valence-electron chi connectivity index (χ4n) is 3.72. The quantitative estimate of drug-likeness (QED) is 0.474. The first kappa shape index (κ1) is 24.4. The van der Waals surface area contributed by atoms with Crippen LogP contribution in [0.5, 0.6) is 5.75 Å². The number of anilines is 2. The zero-order chi connectivity index (χ0) is 25.1. The van der Waals surface area contributed by atoms with E-state index in [0.717, 1.165) is 16.3 Å². The van der Waals surface area contributed by atoms with Crippen molar-refractivity contribution >= 4 is 40.5 Å². The van der Waals surface area contributed by atoms with E-state index in [4.69, 9.17) is 9.47 Å². The molecule has 182 valence electrons. The molecule has 0 fully saturated rings. The number of hydrogen-bond donors (Lipinski definition) is 1. The third-order valence-corrected chi connectivity index (χ3v) is 6.17. The minimum atomic E-state index is -0.658. The van der Waals surface area contributed by atoms with E-state index in [0.29, 0.717) is 29.1 Å². The van der Waals surface area contributed by atoms with Crippen LogP contribution >= 0.6 is 11.3 Å². The number of ether oxygens (including phenoxy) is 2. The maximum atomic E-state index is 13.1. The molecule has 1 aliphatic rings. The van der Waals surface area contributed by atoms with Crippen molar-refractivity contribution in [3.63, 3.8) is 0 Å². The largest absolute Gasteiger partial charge is 0.478 e. The first-order valence-corrected chi connectivity index (χ1v) is 12.3. The van der Waals surface area contributed by atoms with Crippen LogP contribution in [-0.2, 0) is 14.3 Å². The number of esters is 1. The average molecular weight is 494 g/mol. The highest BCUT2D eigenvalue weighted by Gasteiger charge is 2.34. The maximum absolute atomic E-state index is 13.1. The smallest absolute Gasteiger partial charge is 0.338 e. The van der Waals surface area contributed by atoms with Gasteiger partial charge in [-0.1, -0.05) is 6.92 Å². The molecule has 3 aromatic rings. The van der Waals surface area contributed by atoms with Crippen molar-refractivity contribution < 1.29 is 23.9 Å². The summed E-state index contributed by atoms with van der Waals surface area (Å²) in [7, 11) is 0. The number of benzene rings is 2. The first-order chi connectivity index (χ1) is 16.7. The van der Waals surface area contributed by atoms with Gasteiger partial charge in [0.15, 0.2) is 6.10 Å². The summed E-state index contributed by atoms with van der Waals surface area (Å²) >= 11 is 1.54. The summed E-state index contributed by atoms with van der Waals surface area (Å²) in [6.07, 6.45) is -0.395. The van der Waals surface area contributed by atoms with Gasteiger partial charge in [0.25, 0.3) is 5.91 Å². The second kappa shape index (κ2) is 10.3. The lowest BCUT2D eigenvalue weighted by Crippen LogP contribution is -2.48. The predicted molar refractivity (Wildman–Crippen MR) is 135 cm³/mol. The molecule has 4 rings (SSSR count). The zero-order valence-electron chi connectivity index (χ0n) is 20.0. The van der Waals surface area contributed by atoms with Crippen molar-refractivity contribution in [1.29, 1.82) is 0 Å². The molecule has 8 nitrogen and oxygen atoms in total. The van der Waals surface area contributed by atoms with Gasteiger partial charge in [-0.15, -0.1) is 11.3 Å². The number of fused-ring (bicyclic) bond motifs is 1. The van der Waals surface area contributed by atoms with E-state index in [2.05, 4.69) is 10.3 Å². The molecule has 0 bridgehead atoms. The Balaban J connectivity index is 1.53. The molecule has 2 heterocycles. The van der Waals surface area contributed by atoms with Gasteiger partial charge in [-0.05, 0) is 69.7 Å². The van der Waals surface area contributed by atoms with Crippen molar-refractivity contribution in [2.24, 2.45) is 0 Å². The number of carbonyl (C=O) groups excluding carboxylic acids is 3. The van der Waals surface area contributed by atoms with Gasteiger partial charge in [-0.25, -0.2) is 9.78 Å². The second-order valence-electron chi connectivity index (χ2n) is 8.45. The molecule has 1 aliphatic heterocycles. The fourth-order valence-corrected chi connectivity index (χ4v) is 4.34. The Morgan fingerprint density at radius 3 is 2.57 bits per heavy atom. The number of thiazole rings is 1. The van der Waals surface area contributed by atoms with Gasteiger partial charge in [0.2, 0.25) is 5.91 Å². The molecule has 2 amide bonds. The molecule has 0 spiro atoms. The number of amides is 2. The molecule has 2 aromatic carbocycles. The molecule has 35 heavy (non-hydrogen) atoms. The summed E-state index contributed by atoms with van der Waals surface area (Å²) in [5, 5.41) is 5.69. The lowest BCUT2D eigenvalue weighted by atomic mass is 10.1. The standard InChI is InChI=1S/C26H27N3O5S/c1-5-22-25(31)29(21-12-18(8-11-23(21)34-22)20-14-35-16(4)27-20)13-24(30)28-19-9-6-17(7-10-19)26(32)33-15(2)3/h6-12,14-15,22H,5,13H2,1-4H3,(H,28,30). The summed E-state index contributed by atoms with van der Waals surface area (Å²) in [6.45, 7) is 7.18. The van der Waals surface area contributed by atoms with Gasteiger partial charge in [0.05, 0.1) is 28.1 Å². The zero-order valence-corrected chi connectivity index (χ0v) is 20.8. The Hall–Kier alpha value is -3.72. The van der Waals surface area contributed by atoms with Gasteiger partial charge < -0.3 is 14.8 Å². The van der Waals surface area contributed by atoms with E-state index in [9.17, 15) is 14.4 Å². The fraction of sp³-hybridized carbons (Fsp3) is 0.308. The Kier molecular flexibility index (Phi) is 7.16. The highest BCUT2D eigenvalue weighted by atomic mass is 32.1. The van der Waals surface area contributed by atoms with Gasteiger partial charge in [0.1, 0.15) is 12.3 Å². The highest BCUT2D eigenvalue weighted by molar-refractivity contribution is 7.09. The summed E-state index contributed by atoms with van der Waals surface area (Å²) in [5.74, 6) is -0.514. The molecule has 9 heteroatoms. The molecular weight excluding hydrogens is 466 g/mol. The molecule has 0 saturated heterocycles. The highest BCUT2D eigenvalue weighted by Crippen LogP contribution is 2.38. The number of nitrogens with one attached hydrogen (secondary N) is 1. The lowest BCUT2D eigenvalue weighted by Gasteiger charge is -2.34. The Morgan fingerprint density at radius 1 is 1.20 bits per heavy atom. The number of aryl methyl sites for hydroxylation is 1. The van der Waals surface area contributed by atoms with E-state index >= 15 is 0 Å². The molecule has 1 atom stereocenters. The predicted octanol–water partition coefficient (Wildman–Crippen LogP) is 4.83. The van der Waals surface area contributed by atoms with E-state index in [1.54, 1.807) is 49.4 Å². The van der Waals surface area contributed by atoms with E-state index in [-0.39, 0.29) is 24.5 Å². The summed E-state index contributed by atoms with van der Waals surface area (Å²) in [5.41, 5.74) is 3.08. The number of nitrogens with zero attached hydrogens (tertiary/aromatic N) is 2. The minimum Gasteiger partial charge on any atom is -0.478 e. The van der Waals surface area contributed by atoms with Crippen LogP contribution in [0.2, 0.25) is 0 Å². The third-order valence-electron chi connectivity index (χ3n) is 5.39. The van der Waals surface area contributed by atoms with Crippen LogP contribution in [-0.4, -0.2) is 41.5 Å². The lowest BCUT2D eigenvalue weighted by molar-refractivity contribution is -0.128. The van der Waals surface area contributed by atoms with Crippen LogP contribution in [0.3, 0.4) is 0 Å². The number of hydrogen-bond acceptors (Lipinski definition) is 7. The number of carbonyl (C=O) groups is 3. The normalized spacial score (nSPS) is 14.9. The van der Waals surface area contributed by atoms with Crippen LogP contribution in [0.4, 0.5) is 11.4 Å². The van der Waals surface area contributed by atoms with Crippen LogP contribution in [0.1, 0.15) is 42.6 Å². The average Bonchev–Trinajstić information content (AvgIpc) is 3.26. The van der Waals surface area contributed by atoms with E-state index in [1.807, 2.05) is 37.4 Å². The topological polar surface area (TPSA) is 97.8 Å². The van der Waals surface area contributed by atoms with Crippen molar-refractivity contribution in [2.45, 2.75) is 46.3 Å². The SMILES string of the molecule is CCC1Oc2ccc(-c3csc(C)n3)cc2N(CC(=O)Nc2ccc(C(=O)OC(C)C)cc2)C1=O. The number of aromatic nitrogens is 1. The van der Waals surface area contributed by atoms with Crippen LogP contribution in [0.15, 0.2) is 47.8 Å². The summed E-state index contributed by atoms with van der Waals surface area (Å²) < 4.78 is 11.1. The Labute approximate surface area is 207 Å². The van der Waals surface area contributed by atoms with Gasteiger partial charge >= 0.3 is 5.97 Å². The van der Waals surface area contributed by atoms with E-state index < -0.39 is 12.1 Å².